The molecule has 0 radical (unpaired) electrons. The summed E-state index contributed by atoms with van der Waals surface area (Å²) in [5.74, 6) is -0.736. The fourth-order valence-electron chi connectivity index (χ4n) is 2.63. The molecule has 0 saturated heterocycles. The Morgan fingerprint density at radius 2 is 1.73 bits per heavy atom. The molecule has 0 bridgehead atoms. The number of amides is 1. The predicted molar refractivity (Wildman–Crippen MR) is 98.8 cm³/mol. The molecule has 0 heterocycles. The highest BCUT2D eigenvalue weighted by atomic mass is 32.2. The maximum absolute atomic E-state index is 13.0. The highest BCUT2D eigenvalue weighted by Gasteiger charge is 2.22. The van der Waals surface area contributed by atoms with E-state index in [1.54, 1.807) is 45.0 Å². The van der Waals surface area contributed by atoms with Crippen LogP contribution in [0.2, 0.25) is 0 Å². The summed E-state index contributed by atoms with van der Waals surface area (Å²) in [6, 6.07) is 11.5. The number of benzene rings is 2. The van der Waals surface area contributed by atoms with Crippen LogP contribution < -0.4 is 5.32 Å². The van der Waals surface area contributed by atoms with Crippen LogP contribution in [0.5, 0.6) is 0 Å². The molecule has 0 spiro atoms. The molecule has 0 aliphatic rings. The monoisotopic (exact) mass is 378 g/mol. The van der Waals surface area contributed by atoms with Crippen LogP contribution in [0.15, 0.2) is 53.4 Å². The highest BCUT2D eigenvalue weighted by Crippen LogP contribution is 2.18. The first-order valence-corrected chi connectivity index (χ1v) is 9.90. The number of halogens is 1. The van der Waals surface area contributed by atoms with Gasteiger partial charge in [0.05, 0.1) is 10.9 Å². The molecule has 1 N–H and O–H groups in total. The van der Waals surface area contributed by atoms with Crippen molar-refractivity contribution in [3.05, 3.63) is 65.5 Å². The summed E-state index contributed by atoms with van der Waals surface area (Å²) in [5, 5.41) is 2.80. The minimum absolute atomic E-state index is 0.0864. The van der Waals surface area contributed by atoms with E-state index in [2.05, 4.69) is 5.32 Å². The number of carbonyl (C=O) groups excluding carboxylic acids is 1. The fraction of sp³-hybridized carbons (Fsp3) is 0.316. The minimum atomic E-state index is -3.63. The van der Waals surface area contributed by atoms with Gasteiger partial charge in [-0.25, -0.2) is 12.8 Å². The van der Waals surface area contributed by atoms with Crippen molar-refractivity contribution in [1.82, 2.24) is 9.62 Å². The molecule has 0 unspecified atom stereocenters. The molecule has 1 atom stereocenters. The van der Waals surface area contributed by atoms with Crippen molar-refractivity contribution in [1.29, 1.82) is 0 Å². The molecule has 0 saturated carbocycles. The zero-order valence-electron chi connectivity index (χ0n) is 15.1. The van der Waals surface area contributed by atoms with Crippen LogP contribution in [0.1, 0.15) is 42.7 Å². The smallest absolute Gasteiger partial charge is 0.251 e. The van der Waals surface area contributed by atoms with Crippen molar-refractivity contribution in [3.63, 3.8) is 0 Å². The Hall–Kier alpha value is -2.25. The number of rotatable bonds is 7. The topological polar surface area (TPSA) is 66.5 Å². The molecule has 0 aromatic heterocycles. The summed E-state index contributed by atoms with van der Waals surface area (Å²) in [5.41, 5.74) is 1.01. The Morgan fingerprint density at radius 1 is 1.12 bits per heavy atom. The predicted octanol–water partition coefficient (Wildman–Crippen LogP) is 3.35. The van der Waals surface area contributed by atoms with E-state index in [1.165, 1.54) is 28.6 Å². The number of sulfonamides is 1. The van der Waals surface area contributed by atoms with Crippen LogP contribution in [-0.4, -0.2) is 31.7 Å². The van der Waals surface area contributed by atoms with Gasteiger partial charge in [0.25, 0.3) is 5.91 Å². The van der Waals surface area contributed by atoms with E-state index >= 15 is 0 Å². The molecule has 26 heavy (non-hydrogen) atoms. The lowest BCUT2D eigenvalue weighted by Gasteiger charge is -2.19. The summed E-state index contributed by atoms with van der Waals surface area (Å²) in [4.78, 5) is 12.6. The third-order valence-electron chi connectivity index (χ3n) is 4.16. The van der Waals surface area contributed by atoms with Gasteiger partial charge in [0.1, 0.15) is 5.82 Å². The van der Waals surface area contributed by atoms with Crippen molar-refractivity contribution in [3.8, 4) is 0 Å². The van der Waals surface area contributed by atoms with E-state index in [1.807, 2.05) is 0 Å². The first-order chi connectivity index (χ1) is 12.3. The van der Waals surface area contributed by atoms with E-state index in [9.17, 15) is 17.6 Å². The lowest BCUT2D eigenvalue weighted by molar-refractivity contribution is 0.0939. The Morgan fingerprint density at radius 3 is 2.31 bits per heavy atom. The quantitative estimate of drug-likeness (QED) is 0.803. The van der Waals surface area contributed by atoms with Gasteiger partial charge in [-0.2, -0.15) is 4.31 Å². The Kier molecular flexibility index (Phi) is 6.50. The van der Waals surface area contributed by atoms with Gasteiger partial charge in [-0.15, -0.1) is 0 Å². The SMILES string of the molecule is CCN(CC)S(=O)(=O)c1cccc(C(=O)N[C@H](C)c2ccc(F)cc2)c1. The summed E-state index contributed by atoms with van der Waals surface area (Å²) in [7, 11) is -3.63. The number of nitrogens with one attached hydrogen (secondary N) is 1. The van der Waals surface area contributed by atoms with E-state index in [0.29, 0.717) is 13.1 Å². The van der Waals surface area contributed by atoms with Gasteiger partial charge < -0.3 is 5.32 Å². The second-order valence-corrected chi connectivity index (χ2v) is 7.80. The largest absolute Gasteiger partial charge is 0.346 e. The van der Waals surface area contributed by atoms with Crippen LogP contribution in [0, 0.1) is 5.82 Å². The molecule has 0 fully saturated rings. The average Bonchev–Trinajstić information content (AvgIpc) is 2.63. The Balaban J connectivity index is 2.21. The van der Waals surface area contributed by atoms with Gasteiger partial charge in [-0.05, 0) is 42.8 Å². The van der Waals surface area contributed by atoms with Crippen molar-refractivity contribution in [2.45, 2.75) is 31.7 Å². The van der Waals surface area contributed by atoms with Crippen molar-refractivity contribution >= 4 is 15.9 Å². The Labute approximate surface area is 153 Å². The third-order valence-corrected chi connectivity index (χ3v) is 6.20. The molecule has 5 nitrogen and oxygen atoms in total. The number of hydrogen-bond acceptors (Lipinski definition) is 3. The lowest BCUT2D eigenvalue weighted by atomic mass is 10.1. The van der Waals surface area contributed by atoms with Crippen LogP contribution in [0.25, 0.3) is 0 Å². The summed E-state index contributed by atoms with van der Waals surface area (Å²) in [6.45, 7) is 6.03. The van der Waals surface area contributed by atoms with E-state index in [4.69, 9.17) is 0 Å². The standard InChI is InChI=1S/C19H23FN2O3S/c1-4-22(5-2)26(24,25)18-8-6-7-16(13-18)19(23)21-14(3)15-9-11-17(20)12-10-15/h6-14H,4-5H2,1-3H3,(H,21,23)/t14-/m1/s1. The Bertz CT molecular complexity index is 863. The zero-order valence-corrected chi connectivity index (χ0v) is 15.9. The summed E-state index contributed by atoms with van der Waals surface area (Å²) < 4.78 is 39.6. The van der Waals surface area contributed by atoms with Crippen LogP contribution in [-0.2, 0) is 10.0 Å². The molecular formula is C19H23FN2O3S. The molecule has 7 heteroatoms. The van der Waals surface area contributed by atoms with Gasteiger partial charge >= 0.3 is 0 Å². The van der Waals surface area contributed by atoms with Crippen LogP contribution >= 0.6 is 0 Å². The van der Waals surface area contributed by atoms with Crippen LogP contribution in [0.3, 0.4) is 0 Å². The summed E-state index contributed by atoms with van der Waals surface area (Å²) >= 11 is 0. The zero-order chi connectivity index (χ0) is 19.3. The molecule has 2 aromatic rings. The first kappa shape index (κ1) is 20.1. The molecule has 2 aromatic carbocycles. The van der Waals surface area contributed by atoms with E-state index < -0.39 is 15.9 Å². The molecule has 0 aliphatic carbocycles. The molecule has 140 valence electrons. The average molecular weight is 378 g/mol. The maximum atomic E-state index is 13.0. The molecule has 0 aliphatic heterocycles. The lowest BCUT2D eigenvalue weighted by Crippen LogP contribution is -2.31. The maximum Gasteiger partial charge on any atom is 0.251 e. The van der Waals surface area contributed by atoms with Crippen molar-refractivity contribution in [2.75, 3.05) is 13.1 Å². The second kappa shape index (κ2) is 8.42. The highest BCUT2D eigenvalue weighted by molar-refractivity contribution is 7.89. The number of carbonyl (C=O) groups is 1. The molecule has 2 rings (SSSR count). The van der Waals surface area contributed by atoms with Gasteiger partial charge in [-0.1, -0.05) is 32.0 Å². The van der Waals surface area contributed by atoms with Gasteiger partial charge in [0.15, 0.2) is 0 Å². The van der Waals surface area contributed by atoms with Crippen molar-refractivity contribution in [2.24, 2.45) is 0 Å². The van der Waals surface area contributed by atoms with Crippen molar-refractivity contribution < 1.29 is 17.6 Å². The summed E-state index contributed by atoms with van der Waals surface area (Å²) in [6.07, 6.45) is 0. The first-order valence-electron chi connectivity index (χ1n) is 8.46. The minimum Gasteiger partial charge on any atom is -0.346 e. The molecular weight excluding hydrogens is 355 g/mol. The fourth-order valence-corrected chi connectivity index (χ4v) is 4.13. The number of nitrogens with zero attached hydrogens (tertiary/aromatic N) is 1. The van der Waals surface area contributed by atoms with Crippen LogP contribution in [0.4, 0.5) is 4.39 Å². The van der Waals surface area contributed by atoms with E-state index in [-0.39, 0.29) is 22.3 Å². The second-order valence-electron chi connectivity index (χ2n) is 5.86. The van der Waals surface area contributed by atoms with E-state index in [0.717, 1.165) is 5.56 Å². The molecule has 1 amide bonds. The third kappa shape index (κ3) is 4.47. The number of hydrogen-bond donors (Lipinski definition) is 1. The normalized spacial score (nSPS) is 12.8. The van der Waals surface area contributed by atoms with Gasteiger partial charge in [0.2, 0.25) is 10.0 Å². The van der Waals surface area contributed by atoms with Gasteiger partial charge in [-0.3, -0.25) is 4.79 Å². The van der Waals surface area contributed by atoms with Gasteiger partial charge in [0, 0.05) is 18.7 Å².